The van der Waals surface area contributed by atoms with Crippen molar-refractivity contribution in [2.45, 2.75) is 26.3 Å². The predicted molar refractivity (Wildman–Crippen MR) is 69.8 cm³/mol. The molecule has 0 bridgehead atoms. The lowest BCUT2D eigenvalue weighted by Crippen LogP contribution is -2.33. The monoisotopic (exact) mass is 236 g/mol. The summed E-state index contributed by atoms with van der Waals surface area (Å²) >= 11 is 0. The molecule has 0 aliphatic rings. The van der Waals surface area contributed by atoms with E-state index >= 15 is 0 Å². The zero-order chi connectivity index (χ0) is 12.8. The van der Waals surface area contributed by atoms with Crippen molar-refractivity contribution >= 4 is 11.5 Å². The highest BCUT2D eigenvalue weighted by atomic mass is 16.5. The minimum atomic E-state index is 0.205. The minimum absolute atomic E-state index is 0.205. The lowest BCUT2D eigenvalue weighted by Gasteiger charge is -2.28. The van der Waals surface area contributed by atoms with Gasteiger partial charge in [-0.25, -0.2) is 4.98 Å². The minimum Gasteiger partial charge on any atom is -0.481 e. The van der Waals surface area contributed by atoms with Crippen LogP contribution in [-0.2, 0) is 0 Å². The molecular formula is C12H20N4O. The van der Waals surface area contributed by atoms with Crippen molar-refractivity contribution in [3.8, 4) is 5.88 Å². The van der Waals surface area contributed by atoms with E-state index in [9.17, 15) is 0 Å². The predicted octanol–water partition coefficient (Wildman–Crippen LogP) is 1.63. The molecule has 0 saturated carbocycles. The summed E-state index contributed by atoms with van der Waals surface area (Å²) in [5.74, 6) is 0.799. The second kappa shape index (κ2) is 6.08. The number of hydrogen-bond acceptors (Lipinski definition) is 4. The van der Waals surface area contributed by atoms with Crippen LogP contribution in [0.2, 0.25) is 0 Å². The fourth-order valence-corrected chi connectivity index (χ4v) is 1.62. The molecule has 1 heterocycles. The van der Waals surface area contributed by atoms with E-state index in [-0.39, 0.29) is 5.84 Å². The zero-order valence-corrected chi connectivity index (χ0v) is 10.6. The van der Waals surface area contributed by atoms with Crippen LogP contribution < -0.4 is 15.4 Å². The van der Waals surface area contributed by atoms with Gasteiger partial charge in [-0.3, -0.25) is 5.41 Å². The molecule has 3 N–H and O–H groups in total. The average molecular weight is 236 g/mol. The van der Waals surface area contributed by atoms with Gasteiger partial charge in [-0.05, 0) is 19.9 Å². The maximum atomic E-state index is 7.28. The van der Waals surface area contributed by atoms with Gasteiger partial charge in [-0.1, -0.05) is 0 Å². The van der Waals surface area contributed by atoms with Gasteiger partial charge in [0.15, 0.2) is 0 Å². The molecule has 17 heavy (non-hydrogen) atoms. The fourth-order valence-electron chi connectivity index (χ4n) is 1.62. The van der Waals surface area contributed by atoms with Crippen LogP contribution in [0.25, 0.3) is 0 Å². The molecule has 1 rings (SSSR count). The average Bonchev–Trinajstić information content (AvgIpc) is 2.28. The molecule has 0 aromatic carbocycles. The van der Waals surface area contributed by atoms with E-state index in [0.29, 0.717) is 18.3 Å². The first-order chi connectivity index (χ1) is 8.04. The summed E-state index contributed by atoms with van der Waals surface area (Å²) in [4.78, 5) is 6.25. The first kappa shape index (κ1) is 13.3. The summed E-state index contributed by atoms with van der Waals surface area (Å²) < 4.78 is 5.11. The van der Waals surface area contributed by atoms with Crippen LogP contribution in [0.3, 0.4) is 0 Å². The third kappa shape index (κ3) is 3.94. The number of methoxy groups -OCH3 is 1. The zero-order valence-electron chi connectivity index (χ0n) is 10.6. The molecule has 94 valence electrons. The van der Waals surface area contributed by atoms with Crippen molar-refractivity contribution < 1.29 is 4.74 Å². The number of pyridine rings is 1. The molecule has 1 aromatic heterocycles. The van der Waals surface area contributed by atoms with Crippen molar-refractivity contribution in [1.29, 1.82) is 5.41 Å². The van der Waals surface area contributed by atoms with Gasteiger partial charge in [0.05, 0.1) is 12.9 Å². The number of amidine groups is 1. The molecule has 0 aliphatic heterocycles. The fraction of sp³-hybridized carbons (Fsp3) is 0.500. The van der Waals surface area contributed by atoms with Crippen molar-refractivity contribution in [1.82, 2.24) is 4.98 Å². The molecule has 0 fully saturated rings. The lowest BCUT2D eigenvalue weighted by atomic mass is 10.2. The van der Waals surface area contributed by atoms with E-state index in [2.05, 4.69) is 23.7 Å². The standard InChI is InChI=1S/C12H20N4O/c1-9(2)16(7-5-11(13)14)10-4-6-15-12(8-10)17-3/h4,6,8-9H,5,7H2,1-3H3,(H3,13,14). The Bertz CT molecular complexity index is 379. The summed E-state index contributed by atoms with van der Waals surface area (Å²) in [6.07, 6.45) is 2.28. The van der Waals surface area contributed by atoms with Crippen molar-refractivity contribution in [3.05, 3.63) is 18.3 Å². The largest absolute Gasteiger partial charge is 0.481 e. The molecule has 1 aromatic rings. The van der Waals surface area contributed by atoms with Gasteiger partial charge in [0, 0.05) is 37.0 Å². The van der Waals surface area contributed by atoms with E-state index in [1.54, 1.807) is 13.3 Å². The van der Waals surface area contributed by atoms with Gasteiger partial charge in [-0.2, -0.15) is 0 Å². The highest BCUT2D eigenvalue weighted by Crippen LogP contribution is 2.20. The number of nitrogens with two attached hydrogens (primary N) is 1. The molecule has 0 spiro atoms. The third-order valence-electron chi connectivity index (χ3n) is 2.50. The topological polar surface area (TPSA) is 75.2 Å². The van der Waals surface area contributed by atoms with Crippen LogP contribution in [0.4, 0.5) is 5.69 Å². The van der Waals surface area contributed by atoms with E-state index in [1.807, 2.05) is 12.1 Å². The summed E-state index contributed by atoms with van der Waals surface area (Å²) in [5.41, 5.74) is 6.43. The van der Waals surface area contributed by atoms with E-state index in [4.69, 9.17) is 15.9 Å². The molecule has 0 radical (unpaired) electrons. The summed E-state index contributed by atoms with van der Waals surface area (Å²) in [7, 11) is 1.60. The molecule has 5 heteroatoms. The van der Waals surface area contributed by atoms with Crippen molar-refractivity contribution in [3.63, 3.8) is 0 Å². The quantitative estimate of drug-likeness (QED) is 0.581. The SMILES string of the molecule is COc1cc(N(CCC(=N)N)C(C)C)ccn1. The number of nitrogens with zero attached hydrogens (tertiary/aromatic N) is 2. The van der Waals surface area contributed by atoms with Crippen LogP contribution in [0.5, 0.6) is 5.88 Å². The molecule has 0 atom stereocenters. The highest BCUT2D eigenvalue weighted by Gasteiger charge is 2.11. The van der Waals surface area contributed by atoms with E-state index < -0.39 is 0 Å². The van der Waals surface area contributed by atoms with Gasteiger partial charge in [0.2, 0.25) is 5.88 Å². The van der Waals surface area contributed by atoms with Crippen LogP contribution >= 0.6 is 0 Å². The molecule has 0 aliphatic carbocycles. The molecule has 0 unspecified atom stereocenters. The Morgan fingerprint density at radius 2 is 2.29 bits per heavy atom. The maximum Gasteiger partial charge on any atom is 0.214 e. The van der Waals surface area contributed by atoms with Crippen LogP contribution in [0.1, 0.15) is 20.3 Å². The lowest BCUT2D eigenvalue weighted by molar-refractivity contribution is 0.398. The number of rotatable bonds is 6. The highest BCUT2D eigenvalue weighted by molar-refractivity contribution is 5.77. The Morgan fingerprint density at radius 3 is 2.82 bits per heavy atom. The van der Waals surface area contributed by atoms with Gasteiger partial charge in [-0.15, -0.1) is 0 Å². The Morgan fingerprint density at radius 1 is 1.59 bits per heavy atom. The number of hydrogen-bond donors (Lipinski definition) is 2. The third-order valence-corrected chi connectivity index (χ3v) is 2.50. The Balaban J connectivity index is 2.84. The van der Waals surface area contributed by atoms with Crippen LogP contribution in [0.15, 0.2) is 18.3 Å². The number of aromatic nitrogens is 1. The Hall–Kier alpha value is -1.78. The molecule has 0 amide bonds. The summed E-state index contributed by atoms with van der Waals surface area (Å²) in [5, 5.41) is 7.28. The smallest absolute Gasteiger partial charge is 0.214 e. The number of anilines is 1. The van der Waals surface area contributed by atoms with Gasteiger partial charge in [0.25, 0.3) is 0 Å². The Labute approximate surface area is 102 Å². The summed E-state index contributed by atoms with van der Waals surface area (Å²) in [6, 6.07) is 4.16. The van der Waals surface area contributed by atoms with Gasteiger partial charge >= 0.3 is 0 Å². The normalized spacial score (nSPS) is 10.4. The van der Waals surface area contributed by atoms with Crippen molar-refractivity contribution in [2.75, 3.05) is 18.6 Å². The first-order valence-electron chi connectivity index (χ1n) is 5.64. The Kier molecular flexibility index (Phi) is 4.75. The summed E-state index contributed by atoms with van der Waals surface area (Å²) in [6.45, 7) is 4.93. The van der Waals surface area contributed by atoms with Crippen molar-refractivity contribution in [2.24, 2.45) is 5.73 Å². The van der Waals surface area contributed by atoms with E-state index in [0.717, 1.165) is 12.2 Å². The van der Waals surface area contributed by atoms with Gasteiger partial charge < -0.3 is 15.4 Å². The van der Waals surface area contributed by atoms with Gasteiger partial charge in [0.1, 0.15) is 0 Å². The second-order valence-electron chi connectivity index (χ2n) is 4.12. The molecule has 0 saturated heterocycles. The molecular weight excluding hydrogens is 216 g/mol. The van der Waals surface area contributed by atoms with Crippen LogP contribution in [0, 0.1) is 5.41 Å². The first-order valence-corrected chi connectivity index (χ1v) is 5.64. The van der Waals surface area contributed by atoms with Crippen LogP contribution in [-0.4, -0.2) is 30.5 Å². The number of nitrogens with one attached hydrogen (secondary N) is 1. The molecule has 5 nitrogen and oxygen atoms in total. The maximum absolute atomic E-state index is 7.28. The number of ether oxygens (including phenoxy) is 1. The van der Waals surface area contributed by atoms with E-state index in [1.165, 1.54) is 0 Å². The second-order valence-corrected chi connectivity index (χ2v) is 4.12.